The zero-order valence-electron chi connectivity index (χ0n) is 12.7. The zero-order chi connectivity index (χ0) is 14.8. The fraction of sp³-hybridized carbons (Fsp3) is 0.562. The summed E-state index contributed by atoms with van der Waals surface area (Å²) >= 11 is 0. The molecular formula is C16H26N2O2. The average molecular weight is 278 g/mol. The van der Waals surface area contributed by atoms with Crippen molar-refractivity contribution in [2.24, 2.45) is 5.92 Å². The molecule has 4 nitrogen and oxygen atoms in total. The fourth-order valence-electron chi connectivity index (χ4n) is 1.82. The number of carbonyl (C=O) groups excluding carboxylic acids is 1. The van der Waals surface area contributed by atoms with Crippen LogP contribution in [0.2, 0.25) is 0 Å². The van der Waals surface area contributed by atoms with Gasteiger partial charge in [0.1, 0.15) is 5.75 Å². The summed E-state index contributed by atoms with van der Waals surface area (Å²) in [5.74, 6) is 1.58. The van der Waals surface area contributed by atoms with E-state index in [2.05, 4.69) is 24.5 Å². The van der Waals surface area contributed by atoms with Crippen molar-refractivity contribution in [1.29, 1.82) is 0 Å². The maximum absolute atomic E-state index is 11.6. The minimum Gasteiger partial charge on any atom is -0.497 e. The minimum absolute atomic E-state index is 0.106. The average Bonchev–Trinajstić information content (AvgIpc) is 2.44. The topological polar surface area (TPSA) is 50.4 Å². The van der Waals surface area contributed by atoms with Crippen LogP contribution >= 0.6 is 0 Å². The van der Waals surface area contributed by atoms with Crippen LogP contribution in [-0.2, 0) is 11.2 Å². The van der Waals surface area contributed by atoms with Crippen LogP contribution in [-0.4, -0.2) is 32.7 Å². The molecule has 0 bridgehead atoms. The molecule has 0 atom stereocenters. The quantitative estimate of drug-likeness (QED) is 0.679. The number of benzene rings is 1. The highest BCUT2D eigenvalue weighted by molar-refractivity contribution is 5.76. The van der Waals surface area contributed by atoms with Crippen molar-refractivity contribution in [1.82, 2.24) is 10.6 Å². The van der Waals surface area contributed by atoms with Crippen LogP contribution in [0.4, 0.5) is 0 Å². The summed E-state index contributed by atoms with van der Waals surface area (Å²) in [5.41, 5.74) is 1.20. The Bertz CT molecular complexity index is 388. The summed E-state index contributed by atoms with van der Waals surface area (Å²) in [6.07, 6.45) is 1.38. The van der Waals surface area contributed by atoms with Crippen LogP contribution in [0.15, 0.2) is 24.3 Å². The molecule has 2 N–H and O–H groups in total. The number of carbonyl (C=O) groups is 1. The molecule has 0 radical (unpaired) electrons. The van der Waals surface area contributed by atoms with Crippen molar-refractivity contribution >= 4 is 5.91 Å². The summed E-state index contributed by atoms with van der Waals surface area (Å²) < 4.78 is 5.11. The SMILES string of the molecule is COc1ccc(CCNC(=O)CCNCC(C)C)cc1. The van der Waals surface area contributed by atoms with Crippen LogP contribution in [0, 0.1) is 5.92 Å². The van der Waals surface area contributed by atoms with E-state index >= 15 is 0 Å². The second-order valence-electron chi connectivity index (χ2n) is 5.30. The van der Waals surface area contributed by atoms with Crippen molar-refractivity contribution < 1.29 is 9.53 Å². The van der Waals surface area contributed by atoms with E-state index in [0.29, 0.717) is 18.9 Å². The zero-order valence-corrected chi connectivity index (χ0v) is 12.7. The van der Waals surface area contributed by atoms with E-state index < -0.39 is 0 Å². The number of nitrogens with one attached hydrogen (secondary N) is 2. The predicted molar refractivity (Wildman–Crippen MR) is 82.0 cm³/mol. The van der Waals surface area contributed by atoms with E-state index in [-0.39, 0.29) is 5.91 Å². The minimum atomic E-state index is 0.106. The van der Waals surface area contributed by atoms with Gasteiger partial charge in [-0.3, -0.25) is 4.79 Å². The first-order valence-corrected chi connectivity index (χ1v) is 7.22. The Morgan fingerprint density at radius 1 is 1.20 bits per heavy atom. The van der Waals surface area contributed by atoms with Gasteiger partial charge in [0.25, 0.3) is 0 Å². The fourth-order valence-corrected chi connectivity index (χ4v) is 1.82. The van der Waals surface area contributed by atoms with Gasteiger partial charge in [0, 0.05) is 19.5 Å². The normalized spacial score (nSPS) is 10.6. The van der Waals surface area contributed by atoms with Crippen molar-refractivity contribution in [3.05, 3.63) is 29.8 Å². The Morgan fingerprint density at radius 3 is 2.50 bits per heavy atom. The smallest absolute Gasteiger partial charge is 0.221 e. The Kier molecular flexibility index (Phi) is 7.73. The van der Waals surface area contributed by atoms with Gasteiger partial charge >= 0.3 is 0 Å². The van der Waals surface area contributed by atoms with E-state index in [4.69, 9.17) is 4.74 Å². The van der Waals surface area contributed by atoms with E-state index in [1.807, 2.05) is 24.3 Å². The number of rotatable bonds is 9. The summed E-state index contributed by atoms with van der Waals surface area (Å²) in [5, 5.41) is 6.20. The molecule has 0 saturated heterocycles. The highest BCUT2D eigenvalue weighted by atomic mass is 16.5. The molecule has 1 rings (SSSR count). The molecule has 0 saturated carbocycles. The van der Waals surface area contributed by atoms with Crippen LogP contribution in [0.5, 0.6) is 5.75 Å². The van der Waals surface area contributed by atoms with E-state index in [0.717, 1.165) is 25.3 Å². The van der Waals surface area contributed by atoms with Crippen LogP contribution in [0.25, 0.3) is 0 Å². The molecule has 1 aromatic rings. The standard InChI is InChI=1S/C16H26N2O2/c1-13(2)12-17-10-9-16(19)18-11-8-14-4-6-15(20-3)7-5-14/h4-7,13,17H,8-12H2,1-3H3,(H,18,19). The summed E-state index contributed by atoms with van der Waals surface area (Å²) in [4.78, 5) is 11.6. The van der Waals surface area contributed by atoms with Crippen molar-refractivity contribution in [2.45, 2.75) is 26.7 Å². The van der Waals surface area contributed by atoms with Crippen LogP contribution < -0.4 is 15.4 Å². The molecule has 0 fully saturated rings. The molecular weight excluding hydrogens is 252 g/mol. The lowest BCUT2D eigenvalue weighted by atomic mass is 10.1. The Hall–Kier alpha value is -1.55. The summed E-state index contributed by atoms with van der Waals surface area (Å²) in [6, 6.07) is 7.92. The molecule has 0 spiro atoms. The lowest BCUT2D eigenvalue weighted by molar-refractivity contribution is -0.120. The molecule has 1 aromatic carbocycles. The lowest BCUT2D eigenvalue weighted by Crippen LogP contribution is -2.30. The summed E-state index contributed by atoms with van der Waals surface area (Å²) in [6.45, 7) is 6.69. The largest absolute Gasteiger partial charge is 0.497 e. The maximum atomic E-state index is 11.6. The van der Waals surface area contributed by atoms with Gasteiger partial charge < -0.3 is 15.4 Å². The molecule has 20 heavy (non-hydrogen) atoms. The lowest BCUT2D eigenvalue weighted by Gasteiger charge is -2.08. The molecule has 0 aromatic heterocycles. The third kappa shape index (κ3) is 7.14. The third-order valence-electron chi connectivity index (χ3n) is 2.98. The molecule has 112 valence electrons. The molecule has 1 amide bonds. The van der Waals surface area contributed by atoms with Gasteiger partial charge in [0.2, 0.25) is 5.91 Å². The highest BCUT2D eigenvalue weighted by Gasteiger charge is 2.01. The number of hydrogen-bond donors (Lipinski definition) is 2. The molecule has 0 aliphatic carbocycles. The Morgan fingerprint density at radius 2 is 1.90 bits per heavy atom. The van der Waals surface area contributed by atoms with Crippen molar-refractivity contribution in [3.8, 4) is 5.75 Å². The first-order valence-electron chi connectivity index (χ1n) is 7.22. The van der Waals surface area contributed by atoms with Gasteiger partial charge in [0.05, 0.1) is 7.11 Å². The van der Waals surface area contributed by atoms with Gasteiger partial charge in [-0.2, -0.15) is 0 Å². The number of hydrogen-bond acceptors (Lipinski definition) is 3. The molecule has 0 aliphatic rings. The van der Waals surface area contributed by atoms with Gasteiger partial charge in [-0.05, 0) is 36.6 Å². The molecule has 4 heteroatoms. The van der Waals surface area contributed by atoms with Gasteiger partial charge in [-0.15, -0.1) is 0 Å². The molecule has 0 heterocycles. The number of methoxy groups -OCH3 is 1. The van der Waals surface area contributed by atoms with E-state index in [9.17, 15) is 4.79 Å². The first-order chi connectivity index (χ1) is 9.61. The highest BCUT2D eigenvalue weighted by Crippen LogP contribution is 2.11. The van der Waals surface area contributed by atoms with Crippen LogP contribution in [0.1, 0.15) is 25.8 Å². The van der Waals surface area contributed by atoms with E-state index in [1.54, 1.807) is 7.11 Å². The molecule has 0 unspecified atom stereocenters. The first kappa shape index (κ1) is 16.5. The maximum Gasteiger partial charge on any atom is 0.221 e. The number of amides is 1. The second kappa shape index (κ2) is 9.37. The van der Waals surface area contributed by atoms with E-state index in [1.165, 1.54) is 5.56 Å². The second-order valence-corrected chi connectivity index (χ2v) is 5.30. The van der Waals surface area contributed by atoms with Gasteiger partial charge in [-0.25, -0.2) is 0 Å². The van der Waals surface area contributed by atoms with Gasteiger partial charge in [-0.1, -0.05) is 26.0 Å². The van der Waals surface area contributed by atoms with Crippen molar-refractivity contribution in [2.75, 3.05) is 26.7 Å². The molecule has 0 aliphatic heterocycles. The third-order valence-corrected chi connectivity index (χ3v) is 2.98. The van der Waals surface area contributed by atoms with Crippen molar-refractivity contribution in [3.63, 3.8) is 0 Å². The summed E-state index contributed by atoms with van der Waals surface area (Å²) in [7, 11) is 1.66. The van der Waals surface area contributed by atoms with Crippen LogP contribution in [0.3, 0.4) is 0 Å². The Labute approximate surface area is 121 Å². The monoisotopic (exact) mass is 278 g/mol. The number of ether oxygens (including phenoxy) is 1. The Balaban J connectivity index is 2.11. The van der Waals surface area contributed by atoms with Gasteiger partial charge in [0.15, 0.2) is 0 Å². The predicted octanol–water partition coefficient (Wildman–Crippen LogP) is 1.99.